The van der Waals surface area contributed by atoms with Crippen molar-refractivity contribution in [2.45, 2.75) is 88.9 Å². The number of carboxylic acid groups (broad SMARTS) is 2. The van der Waals surface area contributed by atoms with Crippen LogP contribution in [0.15, 0.2) is 24.3 Å². The number of thiol groups is 1. The van der Waals surface area contributed by atoms with Crippen LogP contribution in [0.5, 0.6) is 0 Å². The lowest BCUT2D eigenvalue weighted by atomic mass is 9.82. The third-order valence-corrected chi connectivity index (χ3v) is 8.37. The van der Waals surface area contributed by atoms with Crippen molar-refractivity contribution in [3.8, 4) is 11.8 Å². The molecule has 1 aliphatic carbocycles. The van der Waals surface area contributed by atoms with E-state index in [1.54, 1.807) is 0 Å². The van der Waals surface area contributed by atoms with Gasteiger partial charge in [-0.05, 0) is 30.9 Å². The highest BCUT2D eigenvalue weighted by Crippen LogP contribution is 2.31. The molecule has 11 nitrogen and oxygen atoms in total. The average molecular weight is 614 g/mol. The lowest BCUT2D eigenvalue weighted by Crippen LogP contribution is -2.46. The van der Waals surface area contributed by atoms with Gasteiger partial charge in [-0.25, -0.2) is 4.79 Å². The van der Waals surface area contributed by atoms with Crippen molar-refractivity contribution in [3.05, 3.63) is 35.4 Å². The number of ketones is 2. The van der Waals surface area contributed by atoms with E-state index in [2.05, 4.69) is 29.8 Å². The fourth-order valence-electron chi connectivity index (χ4n) is 5.51. The molecule has 5 N–H and O–H groups in total. The van der Waals surface area contributed by atoms with E-state index in [1.165, 1.54) is 0 Å². The van der Waals surface area contributed by atoms with Crippen molar-refractivity contribution in [1.82, 2.24) is 10.2 Å². The van der Waals surface area contributed by atoms with Crippen molar-refractivity contribution >= 4 is 47.9 Å². The molecular formula is C31H39N3O8S. The molecule has 0 radical (unpaired) electrons. The zero-order valence-corrected chi connectivity index (χ0v) is 24.9. The van der Waals surface area contributed by atoms with Crippen LogP contribution < -0.4 is 11.1 Å². The Morgan fingerprint density at radius 3 is 2.44 bits per heavy atom. The van der Waals surface area contributed by atoms with Crippen LogP contribution in [0.1, 0.15) is 75.3 Å². The van der Waals surface area contributed by atoms with E-state index < -0.39 is 54.5 Å². The molecule has 1 heterocycles. The summed E-state index contributed by atoms with van der Waals surface area (Å²) in [5, 5.41) is 20.5. The molecule has 0 aromatic heterocycles. The number of carbonyl (C=O) groups is 6. The molecular weight excluding hydrogens is 574 g/mol. The minimum absolute atomic E-state index is 0.00210. The molecule has 12 heteroatoms. The summed E-state index contributed by atoms with van der Waals surface area (Å²) in [6.45, 7) is 0.435. The topological polar surface area (TPSA) is 184 Å². The number of carbonyl (C=O) groups excluding carboxylic acids is 4. The van der Waals surface area contributed by atoms with E-state index in [-0.39, 0.29) is 55.1 Å². The molecule has 0 bridgehead atoms. The first-order valence-corrected chi connectivity index (χ1v) is 15.2. The molecule has 1 aromatic rings. The number of hydrogen-bond acceptors (Lipinski definition) is 8. The average Bonchev–Trinajstić information content (AvgIpc) is 2.97. The summed E-state index contributed by atoms with van der Waals surface area (Å²) in [7, 11) is 0. The Morgan fingerprint density at radius 2 is 1.74 bits per heavy atom. The normalized spacial score (nSPS) is 19.5. The maximum Gasteiger partial charge on any atom is 0.327 e. The van der Waals surface area contributed by atoms with Gasteiger partial charge >= 0.3 is 11.9 Å². The molecule has 5 atom stereocenters. The first-order chi connectivity index (χ1) is 20.5. The Bertz CT molecular complexity index is 1290. The molecule has 2 amide bonds. The van der Waals surface area contributed by atoms with Crippen LogP contribution in [0.25, 0.3) is 0 Å². The fraction of sp³-hybridized carbons (Fsp3) is 0.548. The van der Waals surface area contributed by atoms with Crippen LogP contribution in [-0.4, -0.2) is 74.3 Å². The summed E-state index contributed by atoms with van der Waals surface area (Å²) >= 11 is 3.86. The van der Waals surface area contributed by atoms with Gasteiger partial charge in [0, 0.05) is 55.5 Å². The Balaban J connectivity index is 1.53. The third-order valence-electron chi connectivity index (χ3n) is 8.00. The quantitative estimate of drug-likeness (QED) is 0.146. The summed E-state index contributed by atoms with van der Waals surface area (Å²) in [5.41, 5.74) is 7.85. The Hall–Kier alpha value is -3.69. The highest BCUT2D eigenvalue weighted by molar-refractivity contribution is 7.80. The lowest BCUT2D eigenvalue weighted by molar-refractivity contribution is -0.144. The van der Waals surface area contributed by atoms with E-state index >= 15 is 0 Å². The van der Waals surface area contributed by atoms with Crippen LogP contribution in [0.2, 0.25) is 0 Å². The van der Waals surface area contributed by atoms with Crippen LogP contribution >= 0.6 is 12.6 Å². The second kappa shape index (κ2) is 16.2. The van der Waals surface area contributed by atoms with Gasteiger partial charge in [0.2, 0.25) is 11.8 Å². The molecule has 0 saturated heterocycles. The molecule has 3 rings (SSSR count). The number of amides is 2. The number of fused-ring (bicyclic) bond motifs is 2. The second-order valence-electron chi connectivity index (χ2n) is 11.1. The predicted octanol–water partition coefficient (Wildman–Crippen LogP) is 1.95. The standard InChI is InChI=1S/C31H39N3O8S/c32-24(27(36)15-22(16-29(38)39)30(40)33-25(18-43)31(41)42)13-11-23(35)12-14-28(37)34-17-21-7-2-1-5-19(21)9-10-20-6-3-4-8-26(20)34/h1-2,5,7,20,22,24-26,43H,3-4,6,8,11-18,32H2,(H,33,40)(H,38,39)(H,41,42)/t20?,22-,24-,25-,26?/m0/s1. The molecule has 1 fully saturated rings. The van der Waals surface area contributed by atoms with Crippen molar-refractivity contribution < 1.29 is 39.0 Å². The molecule has 2 aliphatic rings. The van der Waals surface area contributed by atoms with Gasteiger partial charge in [-0.15, -0.1) is 0 Å². The van der Waals surface area contributed by atoms with Gasteiger partial charge in [0.1, 0.15) is 17.6 Å². The van der Waals surface area contributed by atoms with Gasteiger partial charge in [0.25, 0.3) is 0 Å². The van der Waals surface area contributed by atoms with Crippen molar-refractivity contribution in [1.29, 1.82) is 0 Å². The van der Waals surface area contributed by atoms with Crippen molar-refractivity contribution in [3.63, 3.8) is 0 Å². The van der Waals surface area contributed by atoms with Gasteiger partial charge in [-0.1, -0.05) is 42.9 Å². The summed E-state index contributed by atoms with van der Waals surface area (Å²) in [6, 6.07) is 5.28. The van der Waals surface area contributed by atoms with Gasteiger partial charge in [0.05, 0.1) is 18.4 Å². The second-order valence-corrected chi connectivity index (χ2v) is 11.5. The number of benzene rings is 1. The zero-order valence-electron chi connectivity index (χ0n) is 24.0. The van der Waals surface area contributed by atoms with Gasteiger partial charge in [-0.3, -0.25) is 24.0 Å². The van der Waals surface area contributed by atoms with Crippen LogP contribution in [-0.2, 0) is 35.3 Å². The Kier molecular flexibility index (Phi) is 12.8. The van der Waals surface area contributed by atoms with E-state index in [1.807, 2.05) is 29.2 Å². The number of nitrogens with zero attached hydrogens (tertiary/aromatic N) is 1. The number of rotatable bonds is 15. The largest absolute Gasteiger partial charge is 0.481 e. The maximum atomic E-state index is 13.4. The van der Waals surface area contributed by atoms with E-state index in [0.717, 1.165) is 36.8 Å². The van der Waals surface area contributed by atoms with Gasteiger partial charge in [-0.2, -0.15) is 12.6 Å². The number of hydrogen-bond donors (Lipinski definition) is 5. The summed E-state index contributed by atoms with van der Waals surface area (Å²) in [5.74, 6) is 0.643. The van der Waals surface area contributed by atoms with Crippen LogP contribution in [0.4, 0.5) is 0 Å². The predicted molar refractivity (Wildman–Crippen MR) is 160 cm³/mol. The van der Waals surface area contributed by atoms with Crippen LogP contribution in [0, 0.1) is 23.7 Å². The van der Waals surface area contributed by atoms with E-state index in [4.69, 9.17) is 15.9 Å². The molecule has 232 valence electrons. The number of aliphatic carboxylic acids is 2. The molecule has 43 heavy (non-hydrogen) atoms. The fourth-order valence-corrected chi connectivity index (χ4v) is 5.75. The highest BCUT2D eigenvalue weighted by atomic mass is 32.1. The molecule has 0 spiro atoms. The number of nitrogens with two attached hydrogens (primary N) is 1. The SMILES string of the molecule is N[C@@H](CCC(=O)CCC(=O)N1Cc2ccccc2C#CC2CCCCC21)C(=O)C[C@@H](CC(=O)O)C(=O)N[C@@H](CS)C(=O)O. The number of Topliss-reactive ketones (excluding diaryl/α,β-unsaturated/α-hetero) is 2. The van der Waals surface area contributed by atoms with E-state index in [9.17, 15) is 28.8 Å². The van der Waals surface area contributed by atoms with Crippen molar-refractivity contribution in [2.75, 3.05) is 5.75 Å². The first kappa shape index (κ1) is 33.8. The highest BCUT2D eigenvalue weighted by Gasteiger charge is 2.34. The van der Waals surface area contributed by atoms with Gasteiger partial charge < -0.3 is 26.2 Å². The number of nitrogens with one attached hydrogen (secondary N) is 1. The first-order valence-electron chi connectivity index (χ1n) is 14.5. The zero-order chi connectivity index (χ0) is 31.5. The van der Waals surface area contributed by atoms with E-state index in [0.29, 0.717) is 6.54 Å². The van der Waals surface area contributed by atoms with Crippen LogP contribution in [0.3, 0.4) is 0 Å². The maximum absolute atomic E-state index is 13.4. The minimum atomic E-state index is -1.35. The summed E-state index contributed by atoms with van der Waals surface area (Å²) < 4.78 is 0. The summed E-state index contributed by atoms with van der Waals surface area (Å²) in [6.07, 6.45) is 2.59. The smallest absolute Gasteiger partial charge is 0.327 e. The Morgan fingerprint density at radius 1 is 1.02 bits per heavy atom. The monoisotopic (exact) mass is 613 g/mol. The molecule has 1 aromatic carbocycles. The van der Waals surface area contributed by atoms with Gasteiger partial charge in [0.15, 0.2) is 0 Å². The number of carboxylic acids is 2. The molecule has 2 unspecified atom stereocenters. The summed E-state index contributed by atoms with van der Waals surface area (Å²) in [4.78, 5) is 75.6. The minimum Gasteiger partial charge on any atom is -0.481 e. The Labute approximate surface area is 256 Å². The lowest BCUT2D eigenvalue weighted by Gasteiger charge is -2.39. The molecule has 1 saturated carbocycles. The molecule has 1 aliphatic heterocycles. The van der Waals surface area contributed by atoms with Crippen molar-refractivity contribution in [2.24, 2.45) is 17.6 Å². The third kappa shape index (κ3) is 9.93.